The lowest BCUT2D eigenvalue weighted by Gasteiger charge is -2.15. The van der Waals surface area contributed by atoms with Crippen LogP contribution in [-0.2, 0) is 19.1 Å². The zero-order valence-electron chi connectivity index (χ0n) is 11.5. The lowest BCUT2D eigenvalue weighted by atomic mass is 10.1. The predicted molar refractivity (Wildman–Crippen MR) is 75.4 cm³/mol. The summed E-state index contributed by atoms with van der Waals surface area (Å²) in [6.07, 6.45) is 3.45. The first kappa shape index (κ1) is 18.5. The molecule has 0 heterocycles. The van der Waals surface area contributed by atoms with Gasteiger partial charge in [0.1, 0.15) is 17.5 Å². The van der Waals surface area contributed by atoms with E-state index >= 15 is 0 Å². The Morgan fingerprint density at radius 3 is 2.26 bits per heavy atom. The van der Waals surface area contributed by atoms with Crippen molar-refractivity contribution in [3.05, 3.63) is 0 Å². The maximum Gasteiger partial charge on any atom is 0.306 e. The van der Waals surface area contributed by atoms with Gasteiger partial charge in [-0.15, -0.1) is 23.2 Å². The van der Waals surface area contributed by atoms with Crippen molar-refractivity contribution >= 4 is 35.1 Å². The monoisotopic (exact) mass is 312 g/mol. The lowest BCUT2D eigenvalue weighted by Crippen LogP contribution is -2.17. The van der Waals surface area contributed by atoms with Crippen LogP contribution >= 0.6 is 23.2 Å². The van der Waals surface area contributed by atoms with Crippen molar-refractivity contribution in [2.45, 2.75) is 63.3 Å². The molecule has 0 rings (SSSR count). The summed E-state index contributed by atoms with van der Waals surface area (Å²) < 4.78 is 10.1. The summed E-state index contributed by atoms with van der Waals surface area (Å²) in [6, 6.07) is 0. The van der Waals surface area contributed by atoms with Gasteiger partial charge in [-0.05, 0) is 19.3 Å². The van der Waals surface area contributed by atoms with Crippen LogP contribution in [0.5, 0.6) is 0 Å². The topological polar surface area (TPSA) is 52.6 Å². The Morgan fingerprint density at radius 1 is 1.11 bits per heavy atom. The molecule has 0 aromatic heterocycles. The van der Waals surface area contributed by atoms with Gasteiger partial charge in [-0.2, -0.15) is 0 Å². The number of hydrogen-bond acceptors (Lipinski definition) is 4. The van der Waals surface area contributed by atoms with E-state index in [0.29, 0.717) is 6.42 Å². The van der Waals surface area contributed by atoms with Crippen LogP contribution in [0.15, 0.2) is 0 Å². The van der Waals surface area contributed by atoms with E-state index < -0.39 is 10.8 Å². The summed E-state index contributed by atoms with van der Waals surface area (Å²) in [5, 5.41) is 0. The molecule has 112 valence electrons. The molecule has 0 aliphatic heterocycles. The molecule has 0 spiro atoms. The van der Waals surface area contributed by atoms with E-state index in [9.17, 15) is 9.59 Å². The predicted octanol–water partition coefficient (Wildman–Crippen LogP) is 3.63. The largest absolute Gasteiger partial charge is 0.463 e. The molecule has 0 aromatic carbocycles. The normalized spacial score (nSPS) is 12.3. The summed E-state index contributed by atoms with van der Waals surface area (Å²) in [5.41, 5.74) is 0. The first-order valence-corrected chi connectivity index (χ1v) is 7.50. The van der Waals surface area contributed by atoms with Gasteiger partial charge < -0.3 is 9.47 Å². The minimum Gasteiger partial charge on any atom is -0.463 e. The van der Waals surface area contributed by atoms with Crippen molar-refractivity contribution in [2.24, 2.45) is 0 Å². The Bertz CT molecular complexity index is 269. The molecule has 1 unspecified atom stereocenters. The summed E-state index contributed by atoms with van der Waals surface area (Å²) in [5.74, 6) is -0.666. The molecule has 0 aliphatic carbocycles. The highest BCUT2D eigenvalue weighted by atomic mass is 35.5. The van der Waals surface area contributed by atoms with Crippen molar-refractivity contribution in [1.29, 1.82) is 0 Å². The van der Waals surface area contributed by atoms with E-state index in [1.807, 2.05) is 13.8 Å². The maximum atomic E-state index is 11.5. The van der Waals surface area contributed by atoms with Gasteiger partial charge in [0.15, 0.2) is 0 Å². The fourth-order valence-corrected chi connectivity index (χ4v) is 1.64. The molecule has 0 amide bonds. The van der Waals surface area contributed by atoms with E-state index in [1.165, 1.54) is 0 Å². The molecule has 0 bridgehead atoms. The summed E-state index contributed by atoms with van der Waals surface area (Å²) in [4.78, 5) is 22.0. The van der Waals surface area contributed by atoms with Gasteiger partial charge in [-0.25, -0.2) is 0 Å². The van der Waals surface area contributed by atoms with Crippen LogP contribution in [0.3, 0.4) is 0 Å². The molecule has 4 nitrogen and oxygen atoms in total. The van der Waals surface area contributed by atoms with Crippen LogP contribution < -0.4 is 0 Å². The number of carbonyl (C=O) groups is 2. The van der Waals surface area contributed by atoms with Gasteiger partial charge in [-0.1, -0.05) is 20.3 Å². The average Bonchev–Trinajstić information content (AvgIpc) is 2.35. The summed E-state index contributed by atoms with van der Waals surface area (Å²) in [6.45, 7) is 4.01. The van der Waals surface area contributed by atoms with Crippen molar-refractivity contribution in [2.75, 3.05) is 6.61 Å². The van der Waals surface area contributed by atoms with Crippen LogP contribution in [0.1, 0.15) is 52.4 Å². The Morgan fingerprint density at radius 2 is 1.74 bits per heavy atom. The number of halogens is 2. The number of ether oxygens (including phenoxy) is 2. The molecule has 0 radical (unpaired) electrons. The zero-order chi connectivity index (χ0) is 14.7. The molecule has 0 saturated heterocycles. The van der Waals surface area contributed by atoms with Crippen molar-refractivity contribution in [1.82, 2.24) is 0 Å². The van der Waals surface area contributed by atoms with Crippen LogP contribution in [0.25, 0.3) is 0 Å². The molecule has 0 N–H and O–H groups in total. The number of hydrogen-bond donors (Lipinski definition) is 0. The third-order valence-corrected chi connectivity index (χ3v) is 2.75. The summed E-state index contributed by atoms with van der Waals surface area (Å²) in [7, 11) is 0. The van der Waals surface area contributed by atoms with Gasteiger partial charge in [0.05, 0.1) is 0 Å². The minimum atomic E-state index is -0.715. The first-order valence-electron chi connectivity index (χ1n) is 6.62. The Kier molecular flexibility index (Phi) is 11.1. The third-order valence-electron chi connectivity index (χ3n) is 2.50. The minimum absolute atomic E-state index is 0.0160. The number of rotatable bonds is 10. The molecule has 0 saturated carbocycles. The fraction of sp³-hybridized carbons (Fsp3) is 0.846. The highest BCUT2D eigenvalue weighted by Crippen LogP contribution is 2.09. The second kappa shape index (κ2) is 11.4. The SMILES string of the molecule is CCCC(CC)OC(=O)CCCC(=O)OCC(Cl)Cl. The summed E-state index contributed by atoms with van der Waals surface area (Å²) >= 11 is 10.8. The number of esters is 2. The van der Waals surface area contributed by atoms with Crippen molar-refractivity contribution < 1.29 is 19.1 Å². The molecule has 0 aromatic rings. The quantitative estimate of drug-likeness (QED) is 0.456. The lowest BCUT2D eigenvalue weighted by molar-refractivity contribution is -0.150. The molecular formula is C13H22Cl2O4. The Balaban J connectivity index is 3.70. The molecule has 0 fully saturated rings. The third kappa shape index (κ3) is 11.1. The van der Waals surface area contributed by atoms with Gasteiger partial charge >= 0.3 is 11.9 Å². The molecule has 1 atom stereocenters. The van der Waals surface area contributed by atoms with Gasteiger partial charge in [0, 0.05) is 12.8 Å². The number of carbonyl (C=O) groups excluding carboxylic acids is 2. The fourth-order valence-electron chi connectivity index (χ4n) is 1.52. The second-order valence-corrected chi connectivity index (χ2v) is 5.51. The van der Waals surface area contributed by atoms with E-state index in [4.69, 9.17) is 32.7 Å². The van der Waals surface area contributed by atoms with E-state index in [2.05, 4.69) is 0 Å². The second-order valence-electron chi connectivity index (χ2n) is 4.24. The zero-order valence-corrected chi connectivity index (χ0v) is 13.0. The number of alkyl halides is 2. The Hall–Kier alpha value is -0.480. The molecule has 19 heavy (non-hydrogen) atoms. The van der Waals surface area contributed by atoms with Crippen molar-refractivity contribution in [3.63, 3.8) is 0 Å². The van der Waals surface area contributed by atoms with Gasteiger partial charge in [0.25, 0.3) is 0 Å². The molecule has 6 heteroatoms. The van der Waals surface area contributed by atoms with Crippen molar-refractivity contribution in [3.8, 4) is 0 Å². The Labute approximate surface area is 124 Å². The van der Waals surface area contributed by atoms with E-state index in [1.54, 1.807) is 0 Å². The van der Waals surface area contributed by atoms with Crippen LogP contribution in [0.2, 0.25) is 0 Å². The van der Waals surface area contributed by atoms with Gasteiger partial charge in [0.2, 0.25) is 0 Å². The van der Waals surface area contributed by atoms with E-state index in [-0.39, 0.29) is 31.5 Å². The van der Waals surface area contributed by atoms with E-state index in [0.717, 1.165) is 19.3 Å². The maximum absolute atomic E-state index is 11.5. The van der Waals surface area contributed by atoms with Gasteiger partial charge in [-0.3, -0.25) is 9.59 Å². The van der Waals surface area contributed by atoms with Crippen LogP contribution in [0, 0.1) is 0 Å². The highest BCUT2D eigenvalue weighted by molar-refractivity contribution is 6.44. The first-order chi connectivity index (χ1) is 8.99. The highest BCUT2D eigenvalue weighted by Gasteiger charge is 2.13. The van der Waals surface area contributed by atoms with Crippen LogP contribution in [-0.4, -0.2) is 29.5 Å². The average molecular weight is 313 g/mol. The molecular weight excluding hydrogens is 291 g/mol. The standard InChI is InChI=1S/C13H22Cl2O4/c1-3-6-10(4-2)19-13(17)8-5-7-12(16)18-9-11(14)15/h10-11H,3-9H2,1-2H3. The smallest absolute Gasteiger partial charge is 0.306 e. The van der Waals surface area contributed by atoms with Crippen LogP contribution in [0.4, 0.5) is 0 Å². The molecule has 0 aliphatic rings.